The number of hydrogen-bond acceptors (Lipinski definition) is 4. The van der Waals surface area contributed by atoms with Gasteiger partial charge in [-0.1, -0.05) is 6.07 Å². The van der Waals surface area contributed by atoms with E-state index in [9.17, 15) is 0 Å². The molecule has 0 bridgehead atoms. The Morgan fingerprint density at radius 3 is 3.00 bits per heavy atom. The molecule has 1 aromatic rings. The summed E-state index contributed by atoms with van der Waals surface area (Å²) in [5.74, 6) is 0.877. The normalized spacial score (nSPS) is 16.7. The summed E-state index contributed by atoms with van der Waals surface area (Å²) in [7, 11) is 0. The molecule has 1 saturated heterocycles. The Kier molecular flexibility index (Phi) is 8.30. The first-order chi connectivity index (χ1) is 10.9. The van der Waals surface area contributed by atoms with Crippen LogP contribution in [0.1, 0.15) is 31.1 Å². The van der Waals surface area contributed by atoms with Gasteiger partial charge in [-0.15, -0.1) is 11.3 Å². The zero-order valence-electron chi connectivity index (χ0n) is 13.3. The van der Waals surface area contributed by atoms with Crippen molar-refractivity contribution in [1.82, 2.24) is 10.6 Å². The molecule has 0 radical (unpaired) electrons. The molecule has 2 N–H and O–H groups in total. The lowest BCUT2D eigenvalue weighted by Crippen LogP contribution is -2.38. The summed E-state index contributed by atoms with van der Waals surface area (Å²) in [5.41, 5.74) is 0. The Balaban J connectivity index is 1.60. The molecule has 1 aliphatic rings. The smallest absolute Gasteiger partial charge is 0.191 e. The van der Waals surface area contributed by atoms with Gasteiger partial charge in [-0.2, -0.15) is 0 Å². The van der Waals surface area contributed by atoms with Crippen molar-refractivity contribution in [3.8, 4) is 0 Å². The first-order valence-corrected chi connectivity index (χ1v) is 9.00. The highest BCUT2D eigenvalue weighted by Crippen LogP contribution is 2.10. The maximum atomic E-state index is 5.86. The van der Waals surface area contributed by atoms with Crippen molar-refractivity contribution in [3.63, 3.8) is 0 Å². The number of nitrogens with one attached hydrogen (secondary N) is 2. The van der Waals surface area contributed by atoms with Crippen LogP contribution in [0, 0.1) is 0 Å². The largest absolute Gasteiger partial charge is 0.381 e. The standard InChI is InChI=1S/C16H27N3O2S/c1-2-17-16(19-13-15-5-3-12-22-15)18-8-4-9-21-14-6-10-20-11-7-14/h3,5,12,14H,2,4,6-11,13H2,1H3,(H2,17,18,19). The Hall–Kier alpha value is -1.11. The highest BCUT2D eigenvalue weighted by molar-refractivity contribution is 7.09. The van der Waals surface area contributed by atoms with Crippen molar-refractivity contribution in [1.29, 1.82) is 0 Å². The van der Waals surface area contributed by atoms with Crippen LogP contribution in [0.5, 0.6) is 0 Å². The molecule has 0 unspecified atom stereocenters. The molecule has 0 amide bonds. The van der Waals surface area contributed by atoms with E-state index in [4.69, 9.17) is 9.47 Å². The predicted molar refractivity (Wildman–Crippen MR) is 91.5 cm³/mol. The van der Waals surface area contributed by atoms with Crippen LogP contribution in [0.15, 0.2) is 22.5 Å². The zero-order valence-corrected chi connectivity index (χ0v) is 14.2. The van der Waals surface area contributed by atoms with Gasteiger partial charge in [0.1, 0.15) is 0 Å². The highest BCUT2D eigenvalue weighted by atomic mass is 32.1. The van der Waals surface area contributed by atoms with Crippen LogP contribution in [0.3, 0.4) is 0 Å². The lowest BCUT2D eigenvalue weighted by atomic mass is 10.1. The van der Waals surface area contributed by atoms with E-state index in [1.807, 2.05) is 0 Å². The van der Waals surface area contributed by atoms with Crippen molar-refractivity contribution in [2.24, 2.45) is 4.99 Å². The summed E-state index contributed by atoms with van der Waals surface area (Å²) in [4.78, 5) is 5.87. The molecule has 0 spiro atoms. The molecule has 0 aliphatic carbocycles. The molecule has 6 heteroatoms. The van der Waals surface area contributed by atoms with Crippen LogP contribution in [0.4, 0.5) is 0 Å². The van der Waals surface area contributed by atoms with Crippen LogP contribution in [0.2, 0.25) is 0 Å². The first-order valence-electron chi connectivity index (χ1n) is 8.12. The first kappa shape index (κ1) is 17.2. The molecule has 124 valence electrons. The highest BCUT2D eigenvalue weighted by Gasteiger charge is 2.13. The molecule has 0 saturated carbocycles. The second-order valence-corrected chi connectivity index (χ2v) is 6.27. The van der Waals surface area contributed by atoms with Gasteiger partial charge >= 0.3 is 0 Å². The third-order valence-corrected chi connectivity index (χ3v) is 4.31. The number of guanidine groups is 1. The van der Waals surface area contributed by atoms with Gasteiger partial charge in [0.15, 0.2) is 5.96 Å². The van der Waals surface area contributed by atoms with Gasteiger partial charge in [0.25, 0.3) is 0 Å². The van der Waals surface area contributed by atoms with Crippen LogP contribution in [0.25, 0.3) is 0 Å². The fourth-order valence-corrected chi connectivity index (χ4v) is 2.90. The average Bonchev–Trinajstić information content (AvgIpc) is 3.06. The Bertz CT molecular complexity index is 417. The minimum atomic E-state index is 0.384. The average molecular weight is 325 g/mol. The molecule has 5 nitrogen and oxygen atoms in total. The third kappa shape index (κ3) is 6.77. The van der Waals surface area contributed by atoms with Crippen molar-refractivity contribution in [2.75, 3.05) is 32.9 Å². The van der Waals surface area contributed by atoms with E-state index in [0.717, 1.165) is 64.7 Å². The number of nitrogens with zero attached hydrogens (tertiary/aromatic N) is 1. The van der Waals surface area contributed by atoms with Gasteiger partial charge in [-0.3, -0.25) is 0 Å². The fraction of sp³-hybridized carbons (Fsp3) is 0.688. The van der Waals surface area contributed by atoms with Gasteiger partial charge in [-0.25, -0.2) is 4.99 Å². The SMILES string of the molecule is CCNC(=NCc1cccs1)NCCCOC1CCOCC1. The van der Waals surface area contributed by atoms with Crippen LogP contribution >= 0.6 is 11.3 Å². The summed E-state index contributed by atoms with van der Waals surface area (Å²) in [6.07, 6.45) is 3.42. The van der Waals surface area contributed by atoms with E-state index in [2.05, 4.69) is 40.1 Å². The van der Waals surface area contributed by atoms with Crippen molar-refractivity contribution in [3.05, 3.63) is 22.4 Å². The Labute approximate surface area is 137 Å². The Morgan fingerprint density at radius 1 is 1.41 bits per heavy atom. The maximum Gasteiger partial charge on any atom is 0.191 e. The fourth-order valence-electron chi connectivity index (χ4n) is 2.27. The minimum absolute atomic E-state index is 0.384. The number of hydrogen-bond donors (Lipinski definition) is 2. The van der Waals surface area contributed by atoms with Crippen LogP contribution < -0.4 is 10.6 Å². The Morgan fingerprint density at radius 2 is 2.27 bits per heavy atom. The summed E-state index contributed by atoms with van der Waals surface area (Å²) < 4.78 is 11.2. The van der Waals surface area contributed by atoms with Gasteiger partial charge in [-0.05, 0) is 37.6 Å². The molecule has 1 aliphatic heterocycles. The number of rotatable bonds is 8. The quantitative estimate of drug-likeness (QED) is 0.438. The van der Waals surface area contributed by atoms with E-state index < -0.39 is 0 Å². The number of ether oxygens (including phenoxy) is 2. The zero-order chi connectivity index (χ0) is 15.5. The van der Waals surface area contributed by atoms with Crippen molar-refractivity contribution < 1.29 is 9.47 Å². The second kappa shape index (κ2) is 10.6. The number of thiophene rings is 1. The molecular weight excluding hydrogens is 298 g/mol. The maximum absolute atomic E-state index is 5.86. The second-order valence-electron chi connectivity index (χ2n) is 5.24. The summed E-state index contributed by atoms with van der Waals surface area (Å²) in [5, 5.41) is 8.71. The molecule has 0 atom stereocenters. The topological polar surface area (TPSA) is 54.9 Å². The van der Waals surface area contributed by atoms with E-state index in [-0.39, 0.29) is 0 Å². The lowest BCUT2D eigenvalue weighted by molar-refractivity contribution is -0.0320. The summed E-state index contributed by atoms with van der Waals surface area (Å²) in [6, 6.07) is 4.17. The van der Waals surface area contributed by atoms with Gasteiger partial charge in [0.2, 0.25) is 0 Å². The molecular formula is C16H27N3O2S. The van der Waals surface area contributed by atoms with Crippen molar-refractivity contribution >= 4 is 17.3 Å². The molecule has 0 aromatic carbocycles. The molecule has 2 heterocycles. The van der Waals surface area contributed by atoms with E-state index in [1.165, 1.54) is 4.88 Å². The van der Waals surface area contributed by atoms with Gasteiger partial charge in [0, 0.05) is 37.8 Å². The molecule has 1 aromatic heterocycles. The lowest BCUT2D eigenvalue weighted by Gasteiger charge is -2.22. The summed E-state index contributed by atoms with van der Waals surface area (Å²) in [6.45, 7) is 7.02. The van der Waals surface area contributed by atoms with Crippen molar-refractivity contribution in [2.45, 2.75) is 38.8 Å². The minimum Gasteiger partial charge on any atom is -0.381 e. The molecule has 1 fully saturated rings. The van der Waals surface area contributed by atoms with Crippen LogP contribution in [-0.4, -0.2) is 45.0 Å². The number of aliphatic imine (C=N–C) groups is 1. The molecule has 2 rings (SSSR count). The third-order valence-electron chi connectivity index (χ3n) is 3.45. The van der Waals surface area contributed by atoms with Gasteiger partial charge in [0.05, 0.1) is 12.6 Å². The van der Waals surface area contributed by atoms with E-state index in [0.29, 0.717) is 6.10 Å². The molecule has 22 heavy (non-hydrogen) atoms. The summed E-state index contributed by atoms with van der Waals surface area (Å²) >= 11 is 1.74. The van der Waals surface area contributed by atoms with Crippen LogP contribution in [-0.2, 0) is 16.0 Å². The van der Waals surface area contributed by atoms with Gasteiger partial charge < -0.3 is 20.1 Å². The predicted octanol–water partition coefficient (Wildman–Crippen LogP) is 2.39. The van der Waals surface area contributed by atoms with E-state index >= 15 is 0 Å². The monoisotopic (exact) mass is 325 g/mol. The van der Waals surface area contributed by atoms with E-state index in [1.54, 1.807) is 11.3 Å².